The number of hydrogen-bond acceptors (Lipinski definition) is 5. The van der Waals surface area contributed by atoms with Gasteiger partial charge in [0.2, 0.25) is 0 Å². The lowest BCUT2D eigenvalue weighted by molar-refractivity contribution is -0.137. The molecule has 0 saturated carbocycles. The summed E-state index contributed by atoms with van der Waals surface area (Å²) in [4.78, 5) is 2.35. The third kappa shape index (κ3) is 2.47. The molecular formula is C17H23NO4. The van der Waals surface area contributed by atoms with Crippen LogP contribution in [0.3, 0.4) is 0 Å². The zero-order valence-corrected chi connectivity index (χ0v) is 12.9. The van der Waals surface area contributed by atoms with Crippen molar-refractivity contribution in [2.75, 3.05) is 33.5 Å². The molecule has 4 rings (SSSR count). The highest BCUT2D eigenvalue weighted by Gasteiger charge is 2.45. The maximum absolute atomic E-state index is 11.3. The molecule has 0 amide bonds. The van der Waals surface area contributed by atoms with Crippen LogP contribution in [0.25, 0.3) is 0 Å². The van der Waals surface area contributed by atoms with Crippen molar-refractivity contribution in [1.29, 1.82) is 0 Å². The molecule has 2 atom stereocenters. The molecule has 5 heteroatoms. The fraction of sp³-hybridized carbons (Fsp3) is 0.647. The number of rotatable bonds is 2. The lowest BCUT2D eigenvalue weighted by atomic mass is 9.77. The highest BCUT2D eigenvalue weighted by Crippen LogP contribution is 2.41. The molecule has 0 aliphatic carbocycles. The van der Waals surface area contributed by atoms with Gasteiger partial charge in [-0.1, -0.05) is 18.2 Å². The number of benzene rings is 1. The van der Waals surface area contributed by atoms with E-state index in [1.807, 2.05) is 24.3 Å². The Kier molecular flexibility index (Phi) is 3.71. The predicted molar refractivity (Wildman–Crippen MR) is 80.4 cm³/mol. The summed E-state index contributed by atoms with van der Waals surface area (Å²) < 4.78 is 16.8. The molecule has 0 spiro atoms. The summed E-state index contributed by atoms with van der Waals surface area (Å²) in [5, 5.41) is 11.3. The largest absolute Gasteiger partial charge is 0.385 e. The molecule has 0 aromatic heterocycles. The van der Waals surface area contributed by atoms with Crippen molar-refractivity contribution in [3.05, 3.63) is 35.4 Å². The normalized spacial score (nSPS) is 36.6. The van der Waals surface area contributed by atoms with Crippen LogP contribution in [0.1, 0.15) is 30.3 Å². The molecule has 1 aromatic carbocycles. The zero-order chi connectivity index (χ0) is 15.2. The first-order valence-electron chi connectivity index (χ1n) is 8.01. The Morgan fingerprint density at radius 2 is 1.82 bits per heavy atom. The van der Waals surface area contributed by atoms with Gasteiger partial charge in [0, 0.05) is 17.6 Å². The van der Waals surface area contributed by atoms with Crippen LogP contribution in [-0.2, 0) is 19.8 Å². The van der Waals surface area contributed by atoms with Gasteiger partial charge in [-0.15, -0.1) is 0 Å². The molecule has 1 N–H and O–H groups in total. The van der Waals surface area contributed by atoms with Gasteiger partial charge in [0.15, 0.2) is 6.29 Å². The van der Waals surface area contributed by atoms with E-state index >= 15 is 0 Å². The van der Waals surface area contributed by atoms with E-state index in [0.717, 1.165) is 11.1 Å². The molecule has 3 aliphatic rings. The van der Waals surface area contributed by atoms with Gasteiger partial charge in [0.05, 0.1) is 32.0 Å². The Labute approximate surface area is 130 Å². The Hall–Kier alpha value is -0.980. The summed E-state index contributed by atoms with van der Waals surface area (Å²) in [6.07, 6.45) is 1.11. The summed E-state index contributed by atoms with van der Waals surface area (Å²) in [5.74, 6) is 0. The van der Waals surface area contributed by atoms with Crippen molar-refractivity contribution in [3.8, 4) is 0 Å². The second kappa shape index (κ2) is 5.58. The smallest absolute Gasteiger partial charge is 0.184 e. The first-order chi connectivity index (χ1) is 10.7. The maximum Gasteiger partial charge on any atom is 0.184 e. The van der Waals surface area contributed by atoms with Gasteiger partial charge in [0.25, 0.3) is 0 Å². The molecule has 120 valence electrons. The van der Waals surface area contributed by atoms with E-state index < -0.39 is 5.60 Å². The molecule has 3 heterocycles. The minimum atomic E-state index is -0.791. The number of piperidine rings is 1. The van der Waals surface area contributed by atoms with Crippen molar-refractivity contribution in [2.45, 2.75) is 36.8 Å². The number of likely N-dealkylation sites (N-methyl/N-ethyl adjacent to an activating group) is 1. The Balaban J connectivity index is 1.62. The number of ether oxygens (including phenoxy) is 3. The van der Waals surface area contributed by atoms with Crippen molar-refractivity contribution in [3.63, 3.8) is 0 Å². The zero-order valence-electron chi connectivity index (χ0n) is 12.9. The van der Waals surface area contributed by atoms with Gasteiger partial charge in [-0.05, 0) is 31.5 Å². The van der Waals surface area contributed by atoms with Gasteiger partial charge in [-0.2, -0.15) is 0 Å². The molecule has 3 aliphatic heterocycles. The summed E-state index contributed by atoms with van der Waals surface area (Å²) >= 11 is 0. The van der Waals surface area contributed by atoms with Crippen LogP contribution in [-0.4, -0.2) is 55.6 Å². The van der Waals surface area contributed by atoms with Crippen LogP contribution in [0.4, 0.5) is 0 Å². The topological polar surface area (TPSA) is 51.2 Å². The summed E-state index contributed by atoms with van der Waals surface area (Å²) in [6.45, 7) is 2.66. The minimum Gasteiger partial charge on any atom is -0.385 e. The van der Waals surface area contributed by atoms with E-state index in [4.69, 9.17) is 14.2 Å². The van der Waals surface area contributed by atoms with Gasteiger partial charge >= 0.3 is 0 Å². The van der Waals surface area contributed by atoms with Gasteiger partial charge < -0.3 is 19.3 Å². The average Bonchev–Trinajstić information content (AvgIpc) is 3.04. The number of hydrogen-bond donors (Lipinski definition) is 1. The lowest BCUT2D eigenvalue weighted by Crippen LogP contribution is -2.59. The van der Waals surface area contributed by atoms with E-state index in [2.05, 4.69) is 11.9 Å². The fourth-order valence-corrected chi connectivity index (χ4v) is 3.90. The monoisotopic (exact) mass is 305 g/mol. The average molecular weight is 305 g/mol. The predicted octanol–water partition coefficient (Wildman–Crippen LogP) is 1.41. The van der Waals surface area contributed by atoms with Gasteiger partial charge in [-0.3, -0.25) is 4.90 Å². The molecule has 1 aromatic rings. The number of nitrogens with zero attached hydrogens (tertiary/aromatic N) is 1. The van der Waals surface area contributed by atoms with Crippen LogP contribution in [0.15, 0.2) is 24.3 Å². The molecule has 0 radical (unpaired) electrons. The van der Waals surface area contributed by atoms with Crippen LogP contribution >= 0.6 is 0 Å². The second-order valence-electron chi connectivity index (χ2n) is 6.65. The van der Waals surface area contributed by atoms with Crippen molar-refractivity contribution in [2.24, 2.45) is 0 Å². The highest BCUT2D eigenvalue weighted by molar-refractivity contribution is 5.30. The summed E-state index contributed by atoms with van der Waals surface area (Å²) in [6, 6.07) is 8.60. The molecule has 3 fully saturated rings. The second-order valence-corrected chi connectivity index (χ2v) is 6.65. The molecule has 3 saturated heterocycles. The van der Waals surface area contributed by atoms with E-state index in [1.54, 1.807) is 0 Å². The number of fused-ring (bicyclic) bond motifs is 2. The first-order valence-corrected chi connectivity index (χ1v) is 8.01. The Morgan fingerprint density at radius 3 is 2.50 bits per heavy atom. The van der Waals surface area contributed by atoms with E-state index in [-0.39, 0.29) is 18.4 Å². The Bertz CT molecular complexity index is 529. The number of morpholine rings is 1. The van der Waals surface area contributed by atoms with Crippen LogP contribution in [0.2, 0.25) is 0 Å². The highest BCUT2D eigenvalue weighted by atomic mass is 16.7. The standard InChI is InChI=1S/C17H23NO4/c1-18-14-8-17(19,9-15(18)11-20-10-14)13-4-2-3-12(7-13)16-21-5-6-22-16/h2-4,7,14-16,19H,5-6,8-11H2,1H3. The van der Waals surface area contributed by atoms with Gasteiger partial charge in [-0.25, -0.2) is 0 Å². The van der Waals surface area contributed by atoms with Crippen LogP contribution < -0.4 is 0 Å². The minimum absolute atomic E-state index is 0.278. The van der Waals surface area contributed by atoms with Crippen molar-refractivity contribution < 1.29 is 19.3 Å². The third-order valence-corrected chi connectivity index (χ3v) is 5.24. The first kappa shape index (κ1) is 14.6. The van der Waals surface area contributed by atoms with Crippen LogP contribution in [0, 0.1) is 0 Å². The SMILES string of the molecule is CN1C2COCC1CC(O)(c1cccc(C3OCCO3)c1)C2. The maximum atomic E-state index is 11.3. The molecule has 5 nitrogen and oxygen atoms in total. The van der Waals surface area contributed by atoms with Crippen molar-refractivity contribution >= 4 is 0 Å². The molecule has 22 heavy (non-hydrogen) atoms. The molecule has 2 bridgehead atoms. The van der Waals surface area contributed by atoms with Gasteiger partial charge in [0.1, 0.15) is 0 Å². The molecule has 2 unspecified atom stereocenters. The molecular weight excluding hydrogens is 282 g/mol. The van der Waals surface area contributed by atoms with E-state index in [9.17, 15) is 5.11 Å². The summed E-state index contributed by atoms with van der Waals surface area (Å²) in [5.41, 5.74) is 1.16. The quantitative estimate of drug-likeness (QED) is 0.895. The number of aliphatic hydroxyl groups is 1. The lowest BCUT2D eigenvalue weighted by Gasteiger charge is -2.50. The van der Waals surface area contributed by atoms with Crippen LogP contribution in [0.5, 0.6) is 0 Å². The van der Waals surface area contributed by atoms with Crippen molar-refractivity contribution in [1.82, 2.24) is 4.90 Å². The fourth-order valence-electron chi connectivity index (χ4n) is 3.90. The third-order valence-electron chi connectivity index (χ3n) is 5.24. The Morgan fingerprint density at radius 1 is 1.14 bits per heavy atom. The van der Waals surface area contributed by atoms with E-state index in [1.165, 1.54) is 0 Å². The summed E-state index contributed by atoms with van der Waals surface area (Å²) in [7, 11) is 2.13. The van der Waals surface area contributed by atoms with E-state index in [0.29, 0.717) is 39.3 Å².